The predicted molar refractivity (Wildman–Crippen MR) is 33.1 cm³/mol. The molecule has 0 saturated carbocycles. The smallest absolute Gasteiger partial charge is 0.0481 e. The molecule has 0 saturated heterocycles. The van der Waals surface area contributed by atoms with Crippen molar-refractivity contribution in [2.45, 2.75) is 0 Å². The number of hydrogen-bond donors (Lipinski definition) is 0. The van der Waals surface area contributed by atoms with Gasteiger partial charge in [-0.25, -0.2) is 0 Å². The van der Waals surface area contributed by atoms with Crippen molar-refractivity contribution in [2.24, 2.45) is 0 Å². The molecule has 0 heterocycles. The monoisotopic (exact) mass is 130 g/mol. The molecular weight excluding hydrogens is 117 g/mol. The van der Waals surface area contributed by atoms with Crippen molar-refractivity contribution in [1.82, 2.24) is 0 Å². The zero-order valence-corrected chi connectivity index (χ0v) is 6.13. The van der Waals surface area contributed by atoms with Gasteiger partial charge in [-0.1, -0.05) is 0 Å². The van der Waals surface area contributed by atoms with E-state index in [1.54, 1.807) is 0 Å². The summed E-state index contributed by atoms with van der Waals surface area (Å²) in [5.41, 5.74) is 0. The van der Waals surface area contributed by atoms with Gasteiger partial charge in [0, 0.05) is 33.9 Å². The molecule has 0 nitrogen and oxygen atoms in total. The van der Waals surface area contributed by atoms with E-state index in [-0.39, 0.29) is 16.7 Å². The lowest BCUT2D eigenvalue weighted by molar-refractivity contribution is -0.00000239. The van der Waals surface area contributed by atoms with Crippen LogP contribution in [0.15, 0.2) is 0 Å². The van der Waals surface area contributed by atoms with Crippen molar-refractivity contribution in [3.05, 3.63) is 0 Å². The van der Waals surface area contributed by atoms with E-state index in [0.29, 0.717) is 0 Å². The molecule has 0 aromatic carbocycles. The molecule has 7 heavy (non-hydrogen) atoms. The lowest BCUT2D eigenvalue weighted by Gasteiger charge is -1.97. The molecule has 0 bridgehead atoms. The van der Waals surface area contributed by atoms with Crippen LogP contribution in [0.25, 0.3) is 0 Å². The van der Waals surface area contributed by atoms with Gasteiger partial charge in [0.05, 0.1) is 0 Å². The van der Waals surface area contributed by atoms with Crippen LogP contribution in [0.4, 0.5) is 4.70 Å². The topological polar surface area (TPSA) is 0 Å². The highest BCUT2D eigenvalue weighted by atomic mass is 31.2. The van der Waals surface area contributed by atoms with Gasteiger partial charge in [0.25, 0.3) is 0 Å². The lowest BCUT2D eigenvalue weighted by Crippen LogP contribution is -3.00. The van der Waals surface area contributed by atoms with Crippen LogP contribution in [-0.4, -0.2) is 26.7 Å². The maximum atomic E-state index is 2.30. The fraction of sp³-hybridized carbons (Fsp3) is 1.00. The fourth-order valence-corrected chi connectivity index (χ4v) is 0. The van der Waals surface area contributed by atoms with Crippen molar-refractivity contribution >= 4 is 7.26 Å². The summed E-state index contributed by atoms with van der Waals surface area (Å²) in [6.07, 6.45) is 0. The third-order valence-electron chi connectivity index (χ3n) is 0. The summed E-state index contributed by atoms with van der Waals surface area (Å²) in [5, 5.41) is 0. The van der Waals surface area contributed by atoms with Gasteiger partial charge in [-0.3, -0.25) is 4.70 Å². The first-order valence-corrected chi connectivity index (χ1v) is 5.37. The zero-order valence-electron chi connectivity index (χ0n) is 5.23. The molecule has 0 amide bonds. The van der Waals surface area contributed by atoms with Gasteiger partial charge < -0.3 is 4.70 Å². The van der Waals surface area contributed by atoms with E-state index in [4.69, 9.17) is 0 Å². The molecule has 0 atom stereocenters. The standard InChI is InChI=1S/C4H12P.2FH/c1-5(2,3)4;;/h1-4H3;2*1H/q+1;;/p-1. The van der Waals surface area contributed by atoms with Gasteiger partial charge in [-0.05, 0) is 0 Å². The first-order chi connectivity index (χ1) is 2.00. The van der Waals surface area contributed by atoms with Crippen LogP contribution in [0.2, 0.25) is 0 Å². The van der Waals surface area contributed by atoms with Gasteiger partial charge in [-0.2, -0.15) is 0 Å². The molecule has 0 aromatic rings. The Morgan fingerprint density at radius 3 is 0.857 bits per heavy atom. The van der Waals surface area contributed by atoms with Gasteiger partial charge in [0.15, 0.2) is 0 Å². The maximum absolute atomic E-state index is 2.30. The van der Waals surface area contributed by atoms with Crippen molar-refractivity contribution in [2.75, 3.05) is 26.7 Å². The molecule has 0 fully saturated rings. The van der Waals surface area contributed by atoms with E-state index in [2.05, 4.69) is 26.7 Å². The van der Waals surface area contributed by atoms with E-state index in [9.17, 15) is 0 Å². The Balaban J connectivity index is -0.0000000800. The van der Waals surface area contributed by atoms with E-state index in [1.165, 1.54) is 0 Å². The summed E-state index contributed by atoms with van der Waals surface area (Å²) < 4.78 is 0. The van der Waals surface area contributed by atoms with Crippen molar-refractivity contribution in [3.8, 4) is 0 Å². The van der Waals surface area contributed by atoms with Gasteiger partial charge in [0.2, 0.25) is 0 Å². The zero-order chi connectivity index (χ0) is 4.50. The first kappa shape index (κ1) is 15.7. The predicted octanol–water partition coefficient (Wildman–Crippen LogP) is -1.32. The highest BCUT2D eigenvalue weighted by Gasteiger charge is 2.03. The summed E-state index contributed by atoms with van der Waals surface area (Å²) in [7, 11) is -0.389. The Bertz CT molecular complexity index is 25.2. The Labute approximate surface area is 44.4 Å². The summed E-state index contributed by atoms with van der Waals surface area (Å²) in [5.74, 6) is 0. The molecule has 0 aliphatic rings. The number of hydrogen-bond acceptors (Lipinski definition) is 0. The maximum Gasteiger partial charge on any atom is 0.0481 e. The molecule has 0 aliphatic heterocycles. The second-order valence-corrected chi connectivity index (χ2v) is 8.05. The number of rotatable bonds is 0. The summed E-state index contributed by atoms with van der Waals surface area (Å²) >= 11 is 0. The Kier molecular flexibility index (Phi) is 9.96. The third-order valence-corrected chi connectivity index (χ3v) is 0. The molecular formula is C4H13F2P. The molecule has 0 unspecified atom stereocenters. The van der Waals surface area contributed by atoms with Crippen molar-refractivity contribution in [3.63, 3.8) is 0 Å². The highest BCUT2D eigenvalue weighted by molar-refractivity contribution is 7.72. The van der Waals surface area contributed by atoms with Crippen LogP contribution < -0.4 is 4.70 Å². The van der Waals surface area contributed by atoms with E-state index < -0.39 is 0 Å². The average molecular weight is 130 g/mol. The van der Waals surface area contributed by atoms with Gasteiger partial charge in [0.1, 0.15) is 0 Å². The molecule has 0 aromatic heterocycles. The normalized spacial score (nSPS) is 8.57. The summed E-state index contributed by atoms with van der Waals surface area (Å²) in [6.45, 7) is 9.19. The van der Waals surface area contributed by atoms with Crippen LogP contribution in [-0.2, 0) is 0 Å². The van der Waals surface area contributed by atoms with Crippen LogP contribution in [0, 0.1) is 0 Å². The van der Waals surface area contributed by atoms with Gasteiger partial charge in [-0.15, -0.1) is 0 Å². The largest absolute Gasteiger partial charge is 1.00 e. The molecule has 0 N–H and O–H groups in total. The van der Waals surface area contributed by atoms with E-state index in [0.717, 1.165) is 0 Å². The minimum Gasteiger partial charge on any atom is -1.00 e. The average Bonchev–Trinajstić information content (AvgIpc) is 0.722. The van der Waals surface area contributed by atoms with Crippen LogP contribution in [0.1, 0.15) is 0 Å². The second-order valence-electron chi connectivity index (χ2n) is 2.68. The summed E-state index contributed by atoms with van der Waals surface area (Å²) in [6, 6.07) is 0. The SMILES string of the molecule is C[P+](C)(C)C.F.[F-]. The molecule has 0 spiro atoms. The Hall–Kier alpha value is 0.290. The van der Waals surface area contributed by atoms with Crippen LogP contribution >= 0.6 is 7.26 Å². The minimum absolute atomic E-state index is 0. The van der Waals surface area contributed by atoms with Crippen molar-refractivity contribution < 1.29 is 9.41 Å². The Morgan fingerprint density at radius 1 is 0.857 bits per heavy atom. The van der Waals surface area contributed by atoms with Crippen LogP contribution in [0.3, 0.4) is 0 Å². The van der Waals surface area contributed by atoms with Crippen LogP contribution in [0.5, 0.6) is 0 Å². The molecule has 48 valence electrons. The van der Waals surface area contributed by atoms with E-state index in [1.807, 2.05) is 0 Å². The molecule has 0 radical (unpaired) electrons. The second kappa shape index (κ2) is 4.45. The lowest BCUT2D eigenvalue weighted by atomic mass is 11.8. The Morgan fingerprint density at radius 2 is 0.857 bits per heavy atom. The quantitative estimate of drug-likeness (QED) is 0.357. The van der Waals surface area contributed by atoms with Gasteiger partial charge >= 0.3 is 0 Å². The highest BCUT2D eigenvalue weighted by Crippen LogP contribution is 2.40. The van der Waals surface area contributed by atoms with Crippen molar-refractivity contribution in [1.29, 1.82) is 0 Å². The fourth-order valence-electron chi connectivity index (χ4n) is 0. The molecule has 3 heteroatoms. The first-order valence-electron chi connectivity index (χ1n) is 1.79. The molecule has 0 rings (SSSR count). The molecule has 0 aliphatic carbocycles. The van der Waals surface area contributed by atoms with E-state index >= 15 is 0 Å². The number of halogens is 2. The third kappa shape index (κ3) is 1380. The summed E-state index contributed by atoms with van der Waals surface area (Å²) in [4.78, 5) is 0. The minimum atomic E-state index is -0.389.